The second-order valence-corrected chi connectivity index (χ2v) is 14.6. The van der Waals surface area contributed by atoms with Gasteiger partial charge in [-0.2, -0.15) is 0 Å². The maximum absolute atomic E-state index is 5.19. The first-order chi connectivity index (χ1) is 29.7. The fourth-order valence-electron chi connectivity index (χ4n) is 7.52. The maximum Gasteiger partial charge on any atom is 0.164 e. The van der Waals surface area contributed by atoms with Crippen LogP contribution in [0.5, 0.6) is 0 Å². The molecule has 0 N–H and O–H groups in total. The van der Waals surface area contributed by atoms with Gasteiger partial charge in [0, 0.05) is 41.5 Å². The van der Waals surface area contributed by atoms with Crippen LogP contribution in [0.2, 0.25) is 0 Å². The number of hydrogen-bond acceptors (Lipinski definition) is 5. The van der Waals surface area contributed by atoms with E-state index in [1.165, 1.54) is 11.1 Å². The van der Waals surface area contributed by atoms with Crippen LogP contribution < -0.4 is 0 Å². The number of rotatable bonds is 9. The van der Waals surface area contributed by atoms with E-state index in [9.17, 15) is 0 Å². The van der Waals surface area contributed by atoms with Crippen molar-refractivity contribution < 1.29 is 0 Å². The van der Waals surface area contributed by atoms with Crippen molar-refractivity contribution in [2.24, 2.45) is 0 Å². The van der Waals surface area contributed by atoms with Gasteiger partial charge in [0.2, 0.25) is 0 Å². The van der Waals surface area contributed by atoms with Gasteiger partial charge in [0.1, 0.15) is 0 Å². The summed E-state index contributed by atoms with van der Waals surface area (Å²) in [7, 11) is 0. The molecule has 3 heterocycles. The molecule has 0 aliphatic rings. The molecule has 60 heavy (non-hydrogen) atoms. The van der Waals surface area contributed by atoms with Crippen LogP contribution in [0.1, 0.15) is 0 Å². The summed E-state index contributed by atoms with van der Waals surface area (Å²) in [6, 6.07) is 69.7. The topological polar surface area (TPSA) is 64.5 Å². The van der Waals surface area contributed by atoms with E-state index >= 15 is 0 Å². The van der Waals surface area contributed by atoms with Crippen LogP contribution in [0.15, 0.2) is 225 Å². The molecule has 5 nitrogen and oxygen atoms in total. The van der Waals surface area contributed by atoms with Gasteiger partial charge in [0.25, 0.3) is 0 Å². The first-order valence-electron chi connectivity index (χ1n) is 20.0. The lowest BCUT2D eigenvalue weighted by Gasteiger charge is -2.13. The largest absolute Gasteiger partial charge is 0.264 e. The van der Waals surface area contributed by atoms with Crippen molar-refractivity contribution in [3.05, 3.63) is 225 Å². The fraction of sp³-hybridized carbons (Fsp3) is 0. The van der Waals surface area contributed by atoms with Crippen molar-refractivity contribution in [1.82, 2.24) is 24.9 Å². The van der Waals surface area contributed by atoms with Crippen LogP contribution in [0, 0.1) is 0 Å². The van der Waals surface area contributed by atoms with E-state index in [0.717, 1.165) is 72.3 Å². The van der Waals surface area contributed by atoms with Crippen molar-refractivity contribution in [2.75, 3.05) is 0 Å². The Morgan fingerprint density at radius 1 is 0.200 bits per heavy atom. The second-order valence-electron chi connectivity index (χ2n) is 14.6. The summed E-state index contributed by atoms with van der Waals surface area (Å²) in [5.41, 5.74) is 16.1. The SMILES string of the molecule is c1ccc(-c2ccc(-c3ccc(-c4nc(-c5ccccc5)nc(-c5cc(-c6ccc(-c7cccnc7)cc6)cc(-c6ccc(-c7cccnc7)cc6)c5)n4)cc3)cc2)cc1. The molecule has 0 aliphatic carbocycles. The van der Waals surface area contributed by atoms with E-state index in [1.54, 1.807) is 12.4 Å². The number of aromatic nitrogens is 5. The van der Waals surface area contributed by atoms with Crippen LogP contribution in [0.4, 0.5) is 0 Å². The number of benzene rings is 7. The lowest BCUT2D eigenvalue weighted by atomic mass is 9.94. The first-order valence-corrected chi connectivity index (χ1v) is 20.0. The molecule has 10 rings (SSSR count). The lowest BCUT2D eigenvalue weighted by molar-refractivity contribution is 1.07. The van der Waals surface area contributed by atoms with E-state index < -0.39 is 0 Å². The smallest absolute Gasteiger partial charge is 0.164 e. The average Bonchev–Trinajstić information content (AvgIpc) is 3.35. The quantitative estimate of drug-likeness (QED) is 0.146. The predicted molar refractivity (Wildman–Crippen MR) is 244 cm³/mol. The van der Waals surface area contributed by atoms with E-state index in [0.29, 0.717) is 17.5 Å². The Kier molecular flexibility index (Phi) is 9.88. The highest BCUT2D eigenvalue weighted by Crippen LogP contribution is 2.35. The van der Waals surface area contributed by atoms with Crippen LogP contribution >= 0.6 is 0 Å². The summed E-state index contributed by atoms with van der Waals surface area (Å²) < 4.78 is 0. The Morgan fingerprint density at radius 2 is 0.467 bits per heavy atom. The Labute approximate surface area is 349 Å². The van der Waals surface area contributed by atoms with Crippen LogP contribution in [0.3, 0.4) is 0 Å². The molecular weight excluding hydrogens is 731 g/mol. The predicted octanol–water partition coefficient (Wildman–Crippen LogP) is 13.7. The zero-order valence-electron chi connectivity index (χ0n) is 32.6. The molecule has 0 spiro atoms. The van der Waals surface area contributed by atoms with Gasteiger partial charge in [-0.05, 0) is 97.1 Å². The monoisotopic (exact) mass is 767 g/mol. The van der Waals surface area contributed by atoms with Crippen molar-refractivity contribution in [2.45, 2.75) is 0 Å². The fourth-order valence-corrected chi connectivity index (χ4v) is 7.52. The molecule has 0 atom stereocenters. The minimum atomic E-state index is 0.599. The van der Waals surface area contributed by atoms with Gasteiger partial charge in [0.05, 0.1) is 0 Å². The Hall–Kier alpha value is -8.15. The normalized spacial score (nSPS) is 11.0. The van der Waals surface area contributed by atoms with Crippen molar-refractivity contribution in [1.29, 1.82) is 0 Å². The Bertz CT molecular complexity index is 2910. The highest BCUT2D eigenvalue weighted by atomic mass is 15.0. The average molecular weight is 768 g/mol. The van der Waals surface area contributed by atoms with Gasteiger partial charge in [-0.1, -0.05) is 170 Å². The third-order valence-corrected chi connectivity index (χ3v) is 10.8. The van der Waals surface area contributed by atoms with E-state index in [2.05, 4.69) is 162 Å². The zero-order valence-corrected chi connectivity index (χ0v) is 32.6. The highest BCUT2D eigenvalue weighted by molar-refractivity contribution is 5.82. The van der Waals surface area contributed by atoms with Crippen LogP contribution in [-0.4, -0.2) is 24.9 Å². The molecule has 0 bridgehead atoms. The molecule has 10 aromatic rings. The molecule has 5 heteroatoms. The molecule has 3 aromatic heterocycles. The Morgan fingerprint density at radius 3 is 0.850 bits per heavy atom. The minimum absolute atomic E-state index is 0.599. The summed E-state index contributed by atoms with van der Waals surface area (Å²) in [5, 5.41) is 0. The number of hydrogen-bond donors (Lipinski definition) is 0. The molecule has 0 saturated heterocycles. The lowest BCUT2D eigenvalue weighted by Crippen LogP contribution is -2.00. The molecule has 0 unspecified atom stereocenters. The third kappa shape index (κ3) is 7.76. The van der Waals surface area contributed by atoms with Gasteiger partial charge < -0.3 is 0 Å². The molecule has 0 aliphatic heterocycles. The highest BCUT2D eigenvalue weighted by Gasteiger charge is 2.16. The standard InChI is InChI=1S/C55H37N5/c1-3-9-38(10-4-1)39-15-17-40(18-16-39)41-27-29-47(30-28-41)54-58-53(46-11-5-2-6-12-46)59-55(60-54)52-34-50(44-23-19-42(20-24-44)48-13-7-31-56-36-48)33-51(35-52)45-25-21-43(22-26-45)49-14-8-32-57-37-49/h1-37H. The number of pyridine rings is 2. The van der Waals surface area contributed by atoms with Gasteiger partial charge in [-0.15, -0.1) is 0 Å². The van der Waals surface area contributed by atoms with Crippen molar-refractivity contribution in [3.63, 3.8) is 0 Å². The second kappa shape index (κ2) is 16.4. The first kappa shape index (κ1) is 36.2. The van der Waals surface area contributed by atoms with Crippen molar-refractivity contribution >= 4 is 0 Å². The van der Waals surface area contributed by atoms with Gasteiger partial charge >= 0.3 is 0 Å². The van der Waals surface area contributed by atoms with Crippen LogP contribution in [-0.2, 0) is 0 Å². The summed E-state index contributed by atoms with van der Waals surface area (Å²) >= 11 is 0. The molecule has 7 aromatic carbocycles. The molecule has 0 saturated carbocycles. The number of nitrogens with zero attached hydrogens (tertiary/aromatic N) is 5. The van der Waals surface area contributed by atoms with Gasteiger partial charge in [-0.3, -0.25) is 9.97 Å². The van der Waals surface area contributed by atoms with Crippen molar-refractivity contribution in [3.8, 4) is 101 Å². The summed E-state index contributed by atoms with van der Waals surface area (Å²) in [6.45, 7) is 0. The molecule has 0 amide bonds. The summed E-state index contributed by atoms with van der Waals surface area (Å²) in [6.07, 6.45) is 7.38. The molecule has 282 valence electrons. The Balaban J connectivity index is 1.06. The zero-order chi connectivity index (χ0) is 40.1. The summed E-state index contributed by atoms with van der Waals surface area (Å²) in [5.74, 6) is 1.82. The van der Waals surface area contributed by atoms with E-state index in [-0.39, 0.29) is 0 Å². The summed E-state index contributed by atoms with van der Waals surface area (Å²) in [4.78, 5) is 24.0. The van der Waals surface area contributed by atoms with Gasteiger partial charge in [-0.25, -0.2) is 15.0 Å². The molecule has 0 fully saturated rings. The molecule has 0 radical (unpaired) electrons. The molecular formula is C55H37N5. The maximum atomic E-state index is 5.19. The van der Waals surface area contributed by atoms with E-state index in [4.69, 9.17) is 15.0 Å². The van der Waals surface area contributed by atoms with Crippen LogP contribution in [0.25, 0.3) is 101 Å². The third-order valence-electron chi connectivity index (χ3n) is 10.8. The minimum Gasteiger partial charge on any atom is -0.264 e. The van der Waals surface area contributed by atoms with E-state index in [1.807, 2.05) is 60.9 Å². The van der Waals surface area contributed by atoms with Gasteiger partial charge in [0.15, 0.2) is 17.5 Å².